The first-order valence-corrected chi connectivity index (χ1v) is 6.34. The average Bonchev–Trinajstić information content (AvgIpc) is 2.78. The third-order valence-corrected chi connectivity index (χ3v) is 3.76. The summed E-state index contributed by atoms with van der Waals surface area (Å²) in [6.07, 6.45) is 8.72. The molecule has 2 rings (SSSR count). The molecule has 1 saturated carbocycles. The third kappa shape index (κ3) is 2.73. The molecule has 1 aliphatic carbocycles. The Bertz CT molecular complexity index is 323. The van der Waals surface area contributed by atoms with Gasteiger partial charge in [0.1, 0.15) is 6.54 Å². The molecule has 2 N–H and O–H groups in total. The molecule has 0 spiro atoms. The van der Waals surface area contributed by atoms with Crippen molar-refractivity contribution < 1.29 is 5.32 Å². The van der Waals surface area contributed by atoms with Gasteiger partial charge in [-0.3, -0.25) is 0 Å². The van der Waals surface area contributed by atoms with Gasteiger partial charge in [0.15, 0.2) is 0 Å². The van der Waals surface area contributed by atoms with E-state index < -0.39 is 0 Å². The lowest BCUT2D eigenvalue weighted by atomic mass is 9.93. The molecule has 1 aliphatic rings. The summed E-state index contributed by atoms with van der Waals surface area (Å²) in [4.78, 5) is 0. The lowest BCUT2D eigenvalue weighted by Gasteiger charge is -2.25. The van der Waals surface area contributed by atoms with Crippen molar-refractivity contribution in [2.45, 2.75) is 44.2 Å². The fourth-order valence-corrected chi connectivity index (χ4v) is 2.81. The molecule has 86 valence electrons. The fraction of sp³-hybridized carbons (Fsp3) is 0.467. The van der Waals surface area contributed by atoms with Gasteiger partial charge in [0.05, 0.1) is 5.54 Å². The Labute approximate surface area is 98.6 Å². The number of hydrogen-bond acceptors (Lipinski definition) is 0. The van der Waals surface area contributed by atoms with E-state index >= 15 is 0 Å². The van der Waals surface area contributed by atoms with Crippen molar-refractivity contribution >= 4 is 0 Å². The molecule has 1 fully saturated rings. The lowest BCUT2D eigenvalue weighted by molar-refractivity contribution is -0.740. The number of rotatable bonds is 5. The first-order valence-electron chi connectivity index (χ1n) is 6.34. The van der Waals surface area contributed by atoms with E-state index in [1.807, 2.05) is 0 Å². The van der Waals surface area contributed by atoms with Gasteiger partial charge in [0, 0.05) is 24.8 Å². The Morgan fingerprint density at radius 2 is 1.88 bits per heavy atom. The summed E-state index contributed by atoms with van der Waals surface area (Å²) in [6, 6.07) is 10.8. The van der Waals surface area contributed by atoms with Crippen LogP contribution in [0.3, 0.4) is 0 Å². The summed E-state index contributed by atoms with van der Waals surface area (Å²) in [7, 11) is 0. The first kappa shape index (κ1) is 11.4. The van der Waals surface area contributed by atoms with Gasteiger partial charge in [-0.05, 0) is 12.8 Å². The highest BCUT2D eigenvalue weighted by Crippen LogP contribution is 2.29. The van der Waals surface area contributed by atoms with E-state index in [1.165, 1.54) is 31.2 Å². The topological polar surface area (TPSA) is 16.6 Å². The number of quaternary nitrogens is 1. The molecule has 1 nitrogen and oxygen atoms in total. The van der Waals surface area contributed by atoms with Crippen LogP contribution in [0.2, 0.25) is 0 Å². The van der Waals surface area contributed by atoms with Crippen LogP contribution in [0.1, 0.15) is 37.7 Å². The zero-order valence-electron chi connectivity index (χ0n) is 9.99. The second-order valence-electron chi connectivity index (χ2n) is 4.96. The number of benzene rings is 1. The molecule has 16 heavy (non-hydrogen) atoms. The highest BCUT2D eigenvalue weighted by Gasteiger charge is 2.35. The molecule has 0 atom stereocenters. The van der Waals surface area contributed by atoms with Crippen molar-refractivity contribution in [3.05, 3.63) is 48.6 Å². The second-order valence-corrected chi connectivity index (χ2v) is 4.96. The molecule has 0 heterocycles. The highest BCUT2D eigenvalue weighted by atomic mass is 15.0. The Kier molecular flexibility index (Phi) is 3.79. The molecule has 1 aromatic rings. The van der Waals surface area contributed by atoms with Crippen LogP contribution in [0.4, 0.5) is 0 Å². The van der Waals surface area contributed by atoms with Crippen molar-refractivity contribution in [2.24, 2.45) is 0 Å². The first-order chi connectivity index (χ1) is 7.85. The van der Waals surface area contributed by atoms with Gasteiger partial charge in [0.25, 0.3) is 0 Å². The standard InChI is InChI=1S/C15H21N/c1-2-10-15(11-6-7-12-15)16-13-14-8-4-3-5-9-14/h2-5,8-9,16H,1,6-7,10-13H2/p+1. The average molecular weight is 216 g/mol. The summed E-state index contributed by atoms with van der Waals surface area (Å²) in [6.45, 7) is 5.01. The number of nitrogens with two attached hydrogens (primary N) is 1. The molecule has 1 heteroatoms. The van der Waals surface area contributed by atoms with Crippen molar-refractivity contribution in [2.75, 3.05) is 0 Å². The van der Waals surface area contributed by atoms with E-state index in [0.29, 0.717) is 5.54 Å². The Morgan fingerprint density at radius 1 is 1.19 bits per heavy atom. The van der Waals surface area contributed by atoms with Crippen LogP contribution in [-0.4, -0.2) is 5.54 Å². The lowest BCUT2D eigenvalue weighted by Crippen LogP contribution is -2.94. The maximum atomic E-state index is 3.90. The molecule has 0 aliphatic heterocycles. The van der Waals surface area contributed by atoms with Gasteiger partial charge in [-0.1, -0.05) is 36.4 Å². The van der Waals surface area contributed by atoms with Crippen LogP contribution in [0.15, 0.2) is 43.0 Å². The zero-order chi connectivity index (χ0) is 11.3. The van der Waals surface area contributed by atoms with Crippen molar-refractivity contribution in [1.29, 1.82) is 0 Å². The van der Waals surface area contributed by atoms with E-state index in [1.54, 1.807) is 0 Å². The zero-order valence-corrected chi connectivity index (χ0v) is 9.99. The molecule has 1 aromatic carbocycles. The van der Waals surface area contributed by atoms with E-state index in [9.17, 15) is 0 Å². The third-order valence-electron chi connectivity index (χ3n) is 3.76. The summed E-state index contributed by atoms with van der Waals surface area (Å²) < 4.78 is 0. The van der Waals surface area contributed by atoms with Crippen LogP contribution < -0.4 is 5.32 Å². The molecular weight excluding hydrogens is 194 g/mol. The predicted octanol–water partition coefficient (Wildman–Crippen LogP) is 2.64. The van der Waals surface area contributed by atoms with Gasteiger partial charge in [0.2, 0.25) is 0 Å². The van der Waals surface area contributed by atoms with Crippen LogP contribution in [-0.2, 0) is 6.54 Å². The molecule has 0 radical (unpaired) electrons. The van der Waals surface area contributed by atoms with Crippen LogP contribution in [0.25, 0.3) is 0 Å². The summed E-state index contributed by atoms with van der Waals surface area (Å²) in [5.74, 6) is 0. The van der Waals surface area contributed by atoms with Gasteiger partial charge in [-0.25, -0.2) is 0 Å². The van der Waals surface area contributed by atoms with Crippen molar-refractivity contribution in [1.82, 2.24) is 0 Å². The van der Waals surface area contributed by atoms with Crippen LogP contribution >= 0.6 is 0 Å². The summed E-state index contributed by atoms with van der Waals surface area (Å²) in [5.41, 5.74) is 1.88. The SMILES string of the molecule is C=CCC1([NH2+]Cc2ccccc2)CCCC1. The van der Waals surface area contributed by atoms with E-state index in [4.69, 9.17) is 0 Å². The molecule has 0 unspecified atom stereocenters. The maximum Gasteiger partial charge on any atom is 0.102 e. The van der Waals surface area contributed by atoms with E-state index in [0.717, 1.165) is 13.0 Å². The Morgan fingerprint density at radius 3 is 2.50 bits per heavy atom. The second kappa shape index (κ2) is 5.31. The van der Waals surface area contributed by atoms with Crippen LogP contribution in [0.5, 0.6) is 0 Å². The molecule has 0 bridgehead atoms. The Balaban J connectivity index is 1.94. The van der Waals surface area contributed by atoms with Gasteiger partial charge in [-0.2, -0.15) is 0 Å². The van der Waals surface area contributed by atoms with Crippen molar-refractivity contribution in [3.8, 4) is 0 Å². The molecule has 0 saturated heterocycles. The fourth-order valence-electron chi connectivity index (χ4n) is 2.81. The smallest absolute Gasteiger partial charge is 0.102 e. The predicted molar refractivity (Wildman–Crippen MR) is 68.1 cm³/mol. The summed E-state index contributed by atoms with van der Waals surface area (Å²) in [5, 5.41) is 2.54. The van der Waals surface area contributed by atoms with E-state index in [-0.39, 0.29) is 0 Å². The normalized spacial score (nSPS) is 18.5. The largest absolute Gasteiger partial charge is 0.337 e. The number of hydrogen-bond donors (Lipinski definition) is 1. The van der Waals surface area contributed by atoms with Gasteiger partial charge in [-0.15, -0.1) is 6.58 Å². The quantitative estimate of drug-likeness (QED) is 0.729. The molecule has 0 aromatic heterocycles. The minimum atomic E-state index is 0.456. The van der Waals surface area contributed by atoms with E-state index in [2.05, 4.69) is 48.3 Å². The highest BCUT2D eigenvalue weighted by molar-refractivity contribution is 5.13. The minimum Gasteiger partial charge on any atom is -0.337 e. The molecular formula is C15H22N+. The Hall–Kier alpha value is -1.08. The van der Waals surface area contributed by atoms with Crippen LogP contribution in [0, 0.1) is 0 Å². The maximum absolute atomic E-state index is 3.90. The van der Waals surface area contributed by atoms with Gasteiger partial charge >= 0.3 is 0 Å². The summed E-state index contributed by atoms with van der Waals surface area (Å²) >= 11 is 0. The van der Waals surface area contributed by atoms with Crippen molar-refractivity contribution in [3.63, 3.8) is 0 Å². The van der Waals surface area contributed by atoms with Gasteiger partial charge < -0.3 is 5.32 Å². The molecule has 0 amide bonds. The minimum absolute atomic E-state index is 0.456. The monoisotopic (exact) mass is 216 g/mol.